The van der Waals surface area contributed by atoms with Gasteiger partial charge in [-0.3, -0.25) is 14.5 Å². The predicted molar refractivity (Wildman–Crippen MR) is 152 cm³/mol. The van der Waals surface area contributed by atoms with E-state index in [-0.39, 0.29) is 17.6 Å². The average molecular weight is 583 g/mol. The van der Waals surface area contributed by atoms with Crippen LogP contribution in [-0.2, 0) is 11.3 Å². The molecule has 2 aliphatic rings. The summed E-state index contributed by atoms with van der Waals surface area (Å²) in [6.07, 6.45) is 0.213. The fraction of sp³-hybridized carbons (Fsp3) is 0.387. The van der Waals surface area contributed by atoms with Crippen LogP contribution in [0.5, 0.6) is 5.75 Å². The van der Waals surface area contributed by atoms with Crippen molar-refractivity contribution < 1.29 is 32.6 Å². The third-order valence-corrected chi connectivity index (χ3v) is 8.03. The average Bonchev–Trinajstić information content (AvgIpc) is 3.37. The number of aliphatic carboxylic acids is 1. The summed E-state index contributed by atoms with van der Waals surface area (Å²) in [5.74, 6) is -1.31. The third-order valence-electron chi connectivity index (χ3n) is 8.03. The zero-order valence-electron chi connectivity index (χ0n) is 23.2. The number of carbonyl (C=O) groups excluding carboxylic acids is 1. The number of carbonyl (C=O) groups is 2. The quantitative estimate of drug-likeness (QED) is 0.327. The Bertz CT molecular complexity index is 1410. The number of likely N-dealkylation sites (tertiary alicyclic amines) is 1. The molecule has 0 bridgehead atoms. The molecule has 2 aromatic carbocycles. The predicted octanol–water partition coefficient (Wildman–Crippen LogP) is 6.18. The molecular formula is C31H33F3N4O4. The number of amides is 1. The van der Waals surface area contributed by atoms with E-state index < -0.39 is 12.3 Å². The van der Waals surface area contributed by atoms with Crippen LogP contribution in [0.3, 0.4) is 0 Å². The van der Waals surface area contributed by atoms with Crippen molar-refractivity contribution >= 4 is 23.4 Å². The van der Waals surface area contributed by atoms with Gasteiger partial charge in [-0.25, -0.2) is 4.98 Å². The van der Waals surface area contributed by atoms with Crippen LogP contribution in [-0.4, -0.2) is 58.9 Å². The highest BCUT2D eigenvalue weighted by Gasteiger charge is 2.31. The van der Waals surface area contributed by atoms with Gasteiger partial charge in [0.2, 0.25) is 0 Å². The molecule has 42 heavy (non-hydrogen) atoms. The summed E-state index contributed by atoms with van der Waals surface area (Å²) in [6, 6.07) is 15.1. The van der Waals surface area contributed by atoms with Crippen molar-refractivity contribution in [3.05, 3.63) is 71.9 Å². The number of aromatic nitrogens is 1. The molecule has 2 N–H and O–H groups in total. The lowest BCUT2D eigenvalue weighted by molar-refractivity contribution is -0.274. The molecule has 11 heteroatoms. The molecule has 0 unspecified atom stereocenters. The highest BCUT2D eigenvalue weighted by molar-refractivity contribution is 6.04. The Morgan fingerprint density at radius 2 is 1.71 bits per heavy atom. The first-order chi connectivity index (χ1) is 20.1. The molecule has 1 aromatic heterocycles. The van der Waals surface area contributed by atoms with E-state index in [0.717, 1.165) is 36.2 Å². The van der Waals surface area contributed by atoms with E-state index in [1.54, 1.807) is 30.5 Å². The smallest absolute Gasteiger partial charge is 0.481 e. The number of carboxylic acids is 1. The number of hydrogen-bond acceptors (Lipinski definition) is 6. The fourth-order valence-electron chi connectivity index (χ4n) is 5.64. The van der Waals surface area contributed by atoms with Crippen molar-refractivity contribution in [3.8, 4) is 16.9 Å². The molecular weight excluding hydrogens is 549 g/mol. The summed E-state index contributed by atoms with van der Waals surface area (Å²) in [7, 11) is 0. The van der Waals surface area contributed by atoms with Gasteiger partial charge in [-0.05, 0) is 92.7 Å². The van der Waals surface area contributed by atoms with Crippen LogP contribution >= 0.6 is 0 Å². The van der Waals surface area contributed by atoms with Gasteiger partial charge in [0.05, 0.1) is 5.92 Å². The minimum absolute atomic E-state index is 0.298. The minimum atomic E-state index is -4.76. The van der Waals surface area contributed by atoms with E-state index >= 15 is 0 Å². The minimum Gasteiger partial charge on any atom is -0.481 e. The monoisotopic (exact) mass is 582 g/mol. The molecule has 2 fully saturated rings. The Balaban J connectivity index is 1.31. The lowest BCUT2D eigenvalue weighted by Gasteiger charge is -2.32. The van der Waals surface area contributed by atoms with Crippen LogP contribution < -0.4 is 15.0 Å². The first-order valence-corrected chi connectivity index (χ1v) is 14.0. The molecule has 0 aliphatic carbocycles. The van der Waals surface area contributed by atoms with Crippen molar-refractivity contribution in [2.45, 2.75) is 51.6 Å². The number of benzene rings is 2. The number of rotatable bonds is 8. The van der Waals surface area contributed by atoms with Crippen LogP contribution in [0.4, 0.5) is 24.7 Å². The van der Waals surface area contributed by atoms with E-state index in [4.69, 9.17) is 0 Å². The zero-order valence-corrected chi connectivity index (χ0v) is 23.2. The van der Waals surface area contributed by atoms with E-state index in [2.05, 4.69) is 31.8 Å². The second kappa shape index (κ2) is 12.4. The molecule has 8 nitrogen and oxygen atoms in total. The van der Waals surface area contributed by atoms with Crippen LogP contribution in [0, 0.1) is 5.92 Å². The molecule has 222 valence electrons. The molecule has 3 aromatic rings. The maximum atomic E-state index is 13.1. The number of halogens is 3. The highest BCUT2D eigenvalue weighted by Crippen LogP contribution is 2.31. The van der Waals surface area contributed by atoms with Gasteiger partial charge in [-0.15, -0.1) is 13.2 Å². The van der Waals surface area contributed by atoms with Crippen molar-refractivity contribution in [1.82, 2.24) is 9.88 Å². The number of anilines is 2. The molecule has 3 heterocycles. The molecule has 2 saturated heterocycles. The van der Waals surface area contributed by atoms with Crippen molar-refractivity contribution in [1.29, 1.82) is 0 Å². The van der Waals surface area contributed by atoms with Crippen LogP contribution in [0.25, 0.3) is 11.1 Å². The molecule has 0 radical (unpaired) electrons. The summed E-state index contributed by atoms with van der Waals surface area (Å²) >= 11 is 0. The van der Waals surface area contributed by atoms with E-state index in [1.165, 1.54) is 12.1 Å². The number of nitrogens with zero attached hydrogens (tertiary/aromatic N) is 3. The highest BCUT2D eigenvalue weighted by atomic mass is 19.4. The van der Waals surface area contributed by atoms with Gasteiger partial charge < -0.3 is 20.1 Å². The largest absolute Gasteiger partial charge is 0.573 e. The zero-order chi connectivity index (χ0) is 29.9. The van der Waals surface area contributed by atoms with Crippen LogP contribution in [0.2, 0.25) is 0 Å². The third kappa shape index (κ3) is 7.20. The Labute approximate surface area is 242 Å². The van der Waals surface area contributed by atoms with Gasteiger partial charge in [0.1, 0.15) is 11.6 Å². The Hall–Kier alpha value is -4.12. The van der Waals surface area contributed by atoms with Gasteiger partial charge >= 0.3 is 12.3 Å². The normalized spacial score (nSPS) is 18.2. The Morgan fingerprint density at radius 3 is 2.31 bits per heavy atom. The van der Waals surface area contributed by atoms with Gasteiger partial charge in [-0.2, -0.15) is 0 Å². The molecule has 0 spiro atoms. The number of carboxylic acid groups (broad SMARTS) is 1. The topological polar surface area (TPSA) is 95.0 Å². The van der Waals surface area contributed by atoms with E-state index in [1.807, 2.05) is 18.2 Å². The van der Waals surface area contributed by atoms with Crippen LogP contribution in [0.1, 0.15) is 48.5 Å². The molecule has 2 aliphatic heterocycles. The summed E-state index contributed by atoms with van der Waals surface area (Å²) in [5, 5.41) is 12.1. The lowest BCUT2D eigenvalue weighted by atomic mass is 9.96. The first-order valence-electron chi connectivity index (χ1n) is 14.0. The number of nitrogens with one attached hydrogen (secondary N) is 1. The number of alkyl halides is 3. The van der Waals surface area contributed by atoms with Crippen molar-refractivity contribution in [2.24, 2.45) is 5.92 Å². The van der Waals surface area contributed by atoms with Crippen LogP contribution in [0.15, 0.2) is 60.8 Å². The Morgan fingerprint density at radius 1 is 1.02 bits per heavy atom. The van der Waals surface area contributed by atoms with E-state index in [9.17, 15) is 27.9 Å². The molecule has 1 atom stereocenters. The summed E-state index contributed by atoms with van der Waals surface area (Å²) < 4.78 is 41.9. The Kier molecular flexibility index (Phi) is 8.67. The maximum Gasteiger partial charge on any atom is 0.573 e. The van der Waals surface area contributed by atoms with Gasteiger partial charge in [-0.1, -0.05) is 12.1 Å². The van der Waals surface area contributed by atoms with E-state index in [0.29, 0.717) is 55.5 Å². The molecule has 0 saturated carbocycles. The maximum absolute atomic E-state index is 13.1. The van der Waals surface area contributed by atoms with Crippen molar-refractivity contribution in [2.75, 3.05) is 29.9 Å². The second-order valence-electron chi connectivity index (χ2n) is 10.9. The number of pyridine rings is 1. The van der Waals surface area contributed by atoms with Crippen molar-refractivity contribution in [3.63, 3.8) is 0 Å². The summed E-state index contributed by atoms with van der Waals surface area (Å²) in [6.45, 7) is 5.00. The van der Waals surface area contributed by atoms with Gasteiger partial charge in [0, 0.05) is 48.7 Å². The standard InChI is InChI=1S/C31H33F3N4O4/c1-20-3-2-14-38(20)19-24-17-28(35-18-27(24)21-6-10-26(11-7-21)42-31(32,33)34)36-29(39)22-4-8-25(9-5-22)37-15-12-23(13-16-37)30(40)41/h4-11,17-18,20,23H,2-3,12-16,19H2,1H3,(H,40,41)(H,35,36,39)/t20-/m1/s1. The SMILES string of the molecule is C[C@@H]1CCCN1Cc1cc(NC(=O)c2ccc(N3CCC(C(=O)O)CC3)cc2)ncc1-c1ccc(OC(F)(F)F)cc1. The lowest BCUT2D eigenvalue weighted by Crippen LogP contribution is -2.36. The first kappa shape index (κ1) is 29.4. The number of ether oxygens (including phenoxy) is 1. The summed E-state index contributed by atoms with van der Waals surface area (Å²) in [4.78, 5) is 33.2. The van der Waals surface area contributed by atoms with Gasteiger partial charge in [0.25, 0.3) is 5.91 Å². The molecule has 1 amide bonds. The molecule has 5 rings (SSSR count). The fourth-order valence-corrected chi connectivity index (χ4v) is 5.64. The number of piperidine rings is 1. The second-order valence-corrected chi connectivity index (χ2v) is 10.9. The summed E-state index contributed by atoms with van der Waals surface area (Å²) in [5.41, 5.74) is 3.76. The van der Waals surface area contributed by atoms with Gasteiger partial charge in [0.15, 0.2) is 0 Å². The number of hydrogen-bond donors (Lipinski definition) is 2.